The Labute approximate surface area is 121 Å². The smallest absolute Gasteiger partial charge is 0.405 e. The molecule has 0 fully saturated rings. The molecule has 1 rings (SSSR count). The molecule has 0 bridgehead atoms. The van der Waals surface area contributed by atoms with E-state index in [1.807, 2.05) is 6.07 Å². The molecular weight excluding hydrogens is 285 g/mol. The zero-order valence-electron chi connectivity index (χ0n) is 11.8. The molecule has 0 atom stereocenters. The highest BCUT2D eigenvalue weighted by atomic mass is 19.4. The molecule has 118 valence electrons. The van der Waals surface area contributed by atoms with Gasteiger partial charge >= 0.3 is 6.18 Å². The van der Waals surface area contributed by atoms with E-state index in [1.165, 1.54) is 0 Å². The van der Waals surface area contributed by atoms with Gasteiger partial charge in [0.2, 0.25) is 0 Å². The van der Waals surface area contributed by atoms with Gasteiger partial charge in [-0.1, -0.05) is 19.1 Å². The number of amides is 1. The second-order valence-corrected chi connectivity index (χ2v) is 4.50. The summed E-state index contributed by atoms with van der Waals surface area (Å²) in [6.07, 6.45) is -3.39. The van der Waals surface area contributed by atoms with E-state index in [-0.39, 0.29) is 0 Å². The molecule has 0 aromatic heterocycles. The van der Waals surface area contributed by atoms with Gasteiger partial charge in [-0.05, 0) is 30.7 Å². The van der Waals surface area contributed by atoms with Gasteiger partial charge in [0.25, 0.3) is 5.91 Å². The average Bonchev–Trinajstić information content (AvgIpc) is 2.43. The lowest BCUT2D eigenvalue weighted by Gasteiger charge is -2.10. The van der Waals surface area contributed by atoms with Crippen molar-refractivity contribution in [1.29, 1.82) is 0 Å². The van der Waals surface area contributed by atoms with Crippen LogP contribution in [0, 0.1) is 0 Å². The van der Waals surface area contributed by atoms with Crippen molar-refractivity contribution in [1.82, 2.24) is 10.6 Å². The van der Waals surface area contributed by atoms with Gasteiger partial charge in [-0.3, -0.25) is 4.79 Å². The summed E-state index contributed by atoms with van der Waals surface area (Å²) in [6, 6.07) is 7.07. The van der Waals surface area contributed by atoms with Crippen LogP contribution in [-0.4, -0.2) is 31.8 Å². The maximum absolute atomic E-state index is 11.9. The minimum atomic E-state index is -4.42. The zero-order valence-corrected chi connectivity index (χ0v) is 11.8. The topological polar surface area (TPSA) is 50.4 Å². The molecule has 1 amide bonds. The van der Waals surface area contributed by atoms with Gasteiger partial charge in [0.05, 0.1) is 0 Å². The van der Waals surface area contributed by atoms with E-state index >= 15 is 0 Å². The summed E-state index contributed by atoms with van der Waals surface area (Å²) in [5, 5.41) is 4.97. The molecule has 1 aromatic rings. The van der Waals surface area contributed by atoms with Crippen LogP contribution in [0.1, 0.15) is 18.9 Å². The highest BCUT2D eigenvalue weighted by Gasteiger charge is 2.27. The molecule has 0 heterocycles. The summed E-state index contributed by atoms with van der Waals surface area (Å²) in [4.78, 5) is 11.2. The average molecular weight is 304 g/mol. The highest BCUT2D eigenvalue weighted by Crippen LogP contribution is 2.14. The van der Waals surface area contributed by atoms with Gasteiger partial charge in [0.1, 0.15) is 12.3 Å². The SMILES string of the molecule is CCCNCc1cccc(OCC(=O)NCC(F)(F)F)c1. The van der Waals surface area contributed by atoms with Crippen molar-refractivity contribution in [2.45, 2.75) is 26.1 Å². The summed E-state index contributed by atoms with van der Waals surface area (Å²) < 4.78 is 40.9. The lowest BCUT2D eigenvalue weighted by Crippen LogP contribution is -2.36. The highest BCUT2D eigenvalue weighted by molar-refractivity contribution is 5.77. The molecule has 0 spiro atoms. The Kier molecular flexibility index (Phi) is 7.01. The number of ether oxygens (including phenoxy) is 1. The molecular formula is C14H19F3N2O2. The maximum atomic E-state index is 11.9. The molecule has 0 saturated heterocycles. The molecule has 21 heavy (non-hydrogen) atoms. The third-order valence-electron chi connectivity index (χ3n) is 2.51. The van der Waals surface area contributed by atoms with Crippen molar-refractivity contribution < 1.29 is 22.7 Å². The molecule has 0 aliphatic carbocycles. The predicted molar refractivity (Wildman–Crippen MR) is 73.0 cm³/mol. The Hall–Kier alpha value is -1.76. The summed E-state index contributed by atoms with van der Waals surface area (Å²) in [6.45, 7) is 1.83. The first-order valence-corrected chi connectivity index (χ1v) is 6.66. The van der Waals surface area contributed by atoms with Crippen LogP contribution in [0.4, 0.5) is 13.2 Å². The molecule has 0 aliphatic rings. The molecule has 0 radical (unpaired) electrons. The predicted octanol–water partition coefficient (Wildman–Crippen LogP) is 2.24. The van der Waals surface area contributed by atoms with E-state index in [4.69, 9.17) is 4.74 Å². The van der Waals surface area contributed by atoms with Crippen molar-refractivity contribution in [3.8, 4) is 5.75 Å². The zero-order chi connectivity index (χ0) is 15.7. The number of benzene rings is 1. The van der Waals surface area contributed by atoms with Crippen LogP contribution in [0.2, 0.25) is 0 Å². The largest absolute Gasteiger partial charge is 0.484 e. The standard InChI is InChI=1S/C14H19F3N2O2/c1-2-6-18-8-11-4-3-5-12(7-11)21-9-13(20)19-10-14(15,16)17/h3-5,7,18H,2,6,8-10H2,1H3,(H,19,20). The quantitative estimate of drug-likeness (QED) is 0.724. The Morgan fingerprint density at radius 2 is 2.10 bits per heavy atom. The van der Waals surface area contributed by atoms with E-state index in [9.17, 15) is 18.0 Å². The lowest BCUT2D eigenvalue weighted by molar-refractivity contribution is -0.139. The van der Waals surface area contributed by atoms with E-state index < -0.39 is 25.2 Å². The summed E-state index contributed by atoms with van der Waals surface area (Å²) >= 11 is 0. The molecule has 7 heteroatoms. The number of rotatable bonds is 8. The number of halogens is 3. The van der Waals surface area contributed by atoms with Crippen molar-refractivity contribution in [3.05, 3.63) is 29.8 Å². The lowest BCUT2D eigenvalue weighted by atomic mass is 10.2. The fourth-order valence-electron chi connectivity index (χ4n) is 1.55. The molecule has 0 aliphatic heterocycles. The van der Waals surface area contributed by atoms with Crippen LogP contribution in [0.25, 0.3) is 0 Å². The van der Waals surface area contributed by atoms with Crippen molar-refractivity contribution >= 4 is 5.91 Å². The molecule has 4 nitrogen and oxygen atoms in total. The Morgan fingerprint density at radius 3 is 2.76 bits per heavy atom. The number of carbonyl (C=O) groups is 1. The van der Waals surface area contributed by atoms with E-state index in [2.05, 4.69) is 12.2 Å². The van der Waals surface area contributed by atoms with Gasteiger partial charge in [-0.25, -0.2) is 0 Å². The molecule has 0 saturated carbocycles. The van der Waals surface area contributed by atoms with Gasteiger partial charge < -0.3 is 15.4 Å². The fourth-order valence-corrected chi connectivity index (χ4v) is 1.55. The van der Waals surface area contributed by atoms with Crippen molar-refractivity contribution in [2.24, 2.45) is 0 Å². The maximum Gasteiger partial charge on any atom is 0.405 e. The van der Waals surface area contributed by atoms with Crippen molar-refractivity contribution in [2.75, 3.05) is 19.7 Å². The van der Waals surface area contributed by atoms with E-state index in [0.29, 0.717) is 12.3 Å². The number of hydrogen-bond acceptors (Lipinski definition) is 3. The third kappa shape index (κ3) is 8.19. The van der Waals surface area contributed by atoms with Gasteiger partial charge in [0.15, 0.2) is 6.61 Å². The number of hydrogen-bond donors (Lipinski definition) is 2. The van der Waals surface area contributed by atoms with Crippen LogP contribution in [0.3, 0.4) is 0 Å². The van der Waals surface area contributed by atoms with Crippen LogP contribution >= 0.6 is 0 Å². The third-order valence-corrected chi connectivity index (χ3v) is 2.51. The first-order chi connectivity index (χ1) is 9.90. The minimum Gasteiger partial charge on any atom is -0.484 e. The molecule has 2 N–H and O–H groups in total. The van der Waals surface area contributed by atoms with Gasteiger partial charge in [0, 0.05) is 6.54 Å². The van der Waals surface area contributed by atoms with Crippen molar-refractivity contribution in [3.63, 3.8) is 0 Å². The molecule has 1 aromatic carbocycles. The van der Waals surface area contributed by atoms with Crippen LogP contribution in [0.5, 0.6) is 5.75 Å². The van der Waals surface area contributed by atoms with Crippen LogP contribution in [-0.2, 0) is 11.3 Å². The monoisotopic (exact) mass is 304 g/mol. The number of carbonyl (C=O) groups excluding carboxylic acids is 1. The first kappa shape index (κ1) is 17.3. The second-order valence-electron chi connectivity index (χ2n) is 4.50. The second kappa shape index (κ2) is 8.51. The van der Waals surface area contributed by atoms with Gasteiger partial charge in [-0.15, -0.1) is 0 Å². The fraction of sp³-hybridized carbons (Fsp3) is 0.500. The first-order valence-electron chi connectivity index (χ1n) is 6.66. The van der Waals surface area contributed by atoms with Gasteiger partial charge in [-0.2, -0.15) is 13.2 Å². The number of nitrogens with one attached hydrogen (secondary N) is 2. The molecule has 0 unspecified atom stereocenters. The minimum absolute atomic E-state index is 0.443. The Balaban J connectivity index is 2.37. The van der Waals surface area contributed by atoms with Crippen LogP contribution < -0.4 is 15.4 Å². The number of alkyl halides is 3. The van der Waals surface area contributed by atoms with E-state index in [0.717, 1.165) is 18.5 Å². The summed E-state index contributed by atoms with van der Waals surface area (Å²) in [5.74, 6) is -0.352. The Bertz CT molecular complexity index is 450. The Morgan fingerprint density at radius 1 is 1.33 bits per heavy atom. The van der Waals surface area contributed by atoms with E-state index in [1.54, 1.807) is 23.5 Å². The summed E-state index contributed by atoms with van der Waals surface area (Å²) in [5.41, 5.74) is 0.983. The van der Waals surface area contributed by atoms with Crippen LogP contribution in [0.15, 0.2) is 24.3 Å². The normalized spacial score (nSPS) is 11.2. The summed E-state index contributed by atoms with van der Waals surface area (Å²) in [7, 11) is 0.